The van der Waals surface area contributed by atoms with Crippen LogP contribution in [0.15, 0.2) is 227 Å². The molecule has 298 valence electrons. The van der Waals surface area contributed by atoms with E-state index < -0.39 is 0 Å². The van der Waals surface area contributed by atoms with Crippen molar-refractivity contribution in [2.75, 3.05) is 9.80 Å². The molecule has 2 aromatic heterocycles. The fourth-order valence-electron chi connectivity index (χ4n) is 10.5. The van der Waals surface area contributed by atoms with E-state index in [1.165, 1.54) is 53.9 Å². The van der Waals surface area contributed by atoms with Gasteiger partial charge in [-0.1, -0.05) is 133 Å². The Morgan fingerprint density at radius 1 is 0.234 bits per heavy atom. The van der Waals surface area contributed by atoms with Crippen LogP contribution in [0.4, 0.5) is 34.1 Å². The predicted octanol–water partition coefficient (Wildman–Crippen LogP) is 17.6. The van der Waals surface area contributed by atoms with Crippen LogP contribution in [-0.4, -0.2) is 0 Å². The van der Waals surface area contributed by atoms with Crippen molar-refractivity contribution in [3.8, 4) is 0 Å². The lowest BCUT2D eigenvalue weighted by Crippen LogP contribution is -2.11. The van der Waals surface area contributed by atoms with Crippen molar-refractivity contribution in [3.63, 3.8) is 0 Å². The van der Waals surface area contributed by atoms with E-state index in [1.807, 2.05) is 0 Å². The molecule has 0 aliphatic carbocycles. The third-order valence-corrected chi connectivity index (χ3v) is 13.3. The minimum absolute atomic E-state index is 0.863. The molecule has 0 radical (unpaired) electrons. The molecular formula is C60H36N2O2. The first kappa shape index (κ1) is 35.0. The van der Waals surface area contributed by atoms with E-state index in [-0.39, 0.29) is 0 Å². The summed E-state index contributed by atoms with van der Waals surface area (Å²) in [5.74, 6) is 0. The summed E-state index contributed by atoms with van der Waals surface area (Å²) in [5, 5.41) is 16.6. The van der Waals surface area contributed by atoms with Crippen LogP contribution in [0, 0.1) is 0 Å². The Kier molecular flexibility index (Phi) is 7.36. The number of benzene rings is 12. The third kappa shape index (κ3) is 5.11. The molecule has 12 aromatic carbocycles. The molecule has 4 nitrogen and oxygen atoms in total. The van der Waals surface area contributed by atoms with Gasteiger partial charge in [0, 0.05) is 67.2 Å². The van der Waals surface area contributed by atoms with Crippen molar-refractivity contribution in [1.29, 1.82) is 0 Å². The van der Waals surface area contributed by atoms with Crippen LogP contribution in [0.25, 0.3) is 97.7 Å². The molecule has 0 N–H and O–H groups in total. The Bertz CT molecular complexity index is 3880. The van der Waals surface area contributed by atoms with Gasteiger partial charge in [0.25, 0.3) is 0 Å². The summed E-state index contributed by atoms with van der Waals surface area (Å²) in [6, 6.07) is 78.5. The highest BCUT2D eigenvalue weighted by molar-refractivity contribution is 6.28. The van der Waals surface area contributed by atoms with Crippen LogP contribution in [0.3, 0.4) is 0 Å². The largest absolute Gasteiger partial charge is 0.456 e. The van der Waals surface area contributed by atoms with Crippen LogP contribution in [0.5, 0.6) is 0 Å². The van der Waals surface area contributed by atoms with Crippen LogP contribution in [-0.2, 0) is 0 Å². The zero-order valence-electron chi connectivity index (χ0n) is 34.5. The molecule has 0 bridgehead atoms. The molecule has 14 rings (SSSR count). The summed E-state index contributed by atoms with van der Waals surface area (Å²) in [7, 11) is 0. The van der Waals surface area contributed by atoms with Crippen molar-refractivity contribution in [2.45, 2.75) is 0 Å². The van der Waals surface area contributed by atoms with Gasteiger partial charge < -0.3 is 18.6 Å². The summed E-state index contributed by atoms with van der Waals surface area (Å²) in [4.78, 5) is 4.75. The van der Waals surface area contributed by atoms with Gasteiger partial charge in [-0.25, -0.2) is 0 Å². The average molecular weight is 817 g/mol. The lowest BCUT2D eigenvalue weighted by Gasteiger charge is -2.29. The van der Waals surface area contributed by atoms with E-state index in [0.717, 1.165) is 78.0 Å². The first-order valence-corrected chi connectivity index (χ1v) is 21.8. The Hall–Kier alpha value is -8.60. The minimum Gasteiger partial charge on any atom is -0.456 e. The molecule has 0 unspecified atom stereocenters. The lowest BCUT2D eigenvalue weighted by atomic mass is 9.91. The van der Waals surface area contributed by atoms with E-state index in [2.05, 4.69) is 228 Å². The zero-order chi connectivity index (χ0) is 41.9. The molecule has 0 amide bonds. The molecule has 0 saturated carbocycles. The van der Waals surface area contributed by atoms with Gasteiger partial charge in [0.1, 0.15) is 22.3 Å². The summed E-state index contributed by atoms with van der Waals surface area (Å²) in [6.07, 6.45) is 0. The van der Waals surface area contributed by atoms with E-state index in [9.17, 15) is 0 Å². The SMILES string of the molecule is c1ccc(N(c2ccc3c(c2)oc2ccc4ccccc4c23)c2ccc3ccc4c(N(c5ccccc5)c5ccc6c(c5)oc5ccc7ccccc7c56)ccc5ccc2c3c54)cc1. The van der Waals surface area contributed by atoms with Gasteiger partial charge in [0.05, 0.1) is 11.4 Å². The molecular weight excluding hydrogens is 781 g/mol. The summed E-state index contributed by atoms with van der Waals surface area (Å²) in [6.45, 7) is 0. The highest BCUT2D eigenvalue weighted by atomic mass is 16.3. The lowest BCUT2D eigenvalue weighted by molar-refractivity contribution is 0.669. The average Bonchev–Trinajstić information content (AvgIpc) is 3.93. The zero-order valence-corrected chi connectivity index (χ0v) is 34.5. The van der Waals surface area contributed by atoms with Gasteiger partial charge in [-0.05, 0) is 116 Å². The quantitative estimate of drug-likeness (QED) is 0.157. The second-order valence-corrected chi connectivity index (χ2v) is 16.8. The number of hydrogen-bond acceptors (Lipinski definition) is 4. The smallest absolute Gasteiger partial charge is 0.137 e. The first-order valence-electron chi connectivity index (χ1n) is 21.8. The number of fused-ring (bicyclic) bond motifs is 10. The van der Waals surface area contributed by atoms with Crippen molar-refractivity contribution in [3.05, 3.63) is 218 Å². The van der Waals surface area contributed by atoms with E-state index >= 15 is 0 Å². The topological polar surface area (TPSA) is 32.8 Å². The number of furan rings is 2. The molecule has 0 atom stereocenters. The Morgan fingerprint density at radius 2 is 0.625 bits per heavy atom. The van der Waals surface area contributed by atoms with Gasteiger partial charge in [0.2, 0.25) is 0 Å². The molecule has 0 fully saturated rings. The van der Waals surface area contributed by atoms with Gasteiger partial charge in [-0.3, -0.25) is 0 Å². The van der Waals surface area contributed by atoms with Crippen molar-refractivity contribution in [1.82, 2.24) is 0 Å². The van der Waals surface area contributed by atoms with Crippen molar-refractivity contribution in [2.24, 2.45) is 0 Å². The van der Waals surface area contributed by atoms with Crippen LogP contribution in [0.2, 0.25) is 0 Å². The third-order valence-electron chi connectivity index (χ3n) is 13.3. The predicted molar refractivity (Wildman–Crippen MR) is 269 cm³/mol. The Labute approximate surface area is 367 Å². The van der Waals surface area contributed by atoms with Gasteiger partial charge in [-0.2, -0.15) is 0 Å². The number of anilines is 6. The summed E-state index contributed by atoms with van der Waals surface area (Å²) in [5.41, 5.74) is 9.92. The fraction of sp³-hybridized carbons (Fsp3) is 0. The van der Waals surface area contributed by atoms with Gasteiger partial charge in [0.15, 0.2) is 0 Å². The highest BCUT2D eigenvalue weighted by Gasteiger charge is 2.23. The normalized spacial score (nSPS) is 12.1. The molecule has 2 heterocycles. The molecule has 14 aromatic rings. The summed E-state index contributed by atoms with van der Waals surface area (Å²) >= 11 is 0. The number of rotatable bonds is 6. The molecule has 64 heavy (non-hydrogen) atoms. The van der Waals surface area contributed by atoms with Crippen LogP contribution >= 0.6 is 0 Å². The maximum absolute atomic E-state index is 6.63. The molecule has 0 spiro atoms. The number of hydrogen-bond donors (Lipinski definition) is 0. The molecule has 4 heteroatoms. The second-order valence-electron chi connectivity index (χ2n) is 16.8. The van der Waals surface area contributed by atoms with Gasteiger partial charge in [-0.15, -0.1) is 0 Å². The maximum atomic E-state index is 6.63. The molecule has 0 saturated heterocycles. The molecule has 0 aliphatic heterocycles. The fourth-order valence-corrected chi connectivity index (χ4v) is 10.5. The van der Waals surface area contributed by atoms with Crippen molar-refractivity contribution < 1.29 is 8.83 Å². The second kappa shape index (κ2) is 13.4. The Morgan fingerprint density at radius 3 is 1.09 bits per heavy atom. The number of para-hydroxylation sites is 2. The monoisotopic (exact) mass is 816 g/mol. The number of nitrogens with zero attached hydrogens (tertiary/aromatic N) is 2. The van der Waals surface area contributed by atoms with Crippen LogP contribution in [0.1, 0.15) is 0 Å². The van der Waals surface area contributed by atoms with E-state index in [0.29, 0.717) is 0 Å². The molecule has 0 aliphatic rings. The first-order chi connectivity index (χ1) is 31.7. The van der Waals surface area contributed by atoms with E-state index in [1.54, 1.807) is 0 Å². The van der Waals surface area contributed by atoms with Gasteiger partial charge >= 0.3 is 0 Å². The standard InChI is InChI=1S/C60H36N2O2/c1-3-13-41(14-4-1)61(43-25-29-49-55(35-43)63-53-33-23-37-11-7-9-17-45(37)59(49)53)51-31-21-39-20-28-48-52(32-22-40-19-27-47(51)57(39)58(40)48)62(42-15-5-2-6-16-42)44-26-30-50-56(36-44)64-54-34-24-38-12-8-10-18-46(38)60(50)54/h1-36H. The van der Waals surface area contributed by atoms with E-state index in [4.69, 9.17) is 8.83 Å². The minimum atomic E-state index is 0.863. The van der Waals surface area contributed by atoms with Crippen LogP contribution < -0.4 is 9.80 Å². The highest BCUT2D eigenvalue weighted by Crippen LogP contribution is 2.49. The maximum Gasteiger partial charge on any atom is 0.137 e. The Balaban J connectivity index is 0.972. The summed E-state index contributed by atoms with van der Waals surface area (Å²) < 4.78 is 13.3. The van der Waals surface area contributed by atoms with Crippen molar-refractivity contribution >= 4 is 132 Å².